The summed E-state index contributed by atoms with van der Waals surface area (Å²) in [5.74, 6) is 0.110. The maximum absolute atomic E-state index is 11.7. The first kappa shape index (κ1) is 25.8. The summed E-state index contributed by atoms with van der Waals surface area (Å²) in [7, 11) is -6.93. The van der Waals surface area contributed by atoms with E-state index in [0.29, 0.717) is 25.7 Å². The van der Waals surface area contributed by atoms with Crippen molar-refractivity contribution < 1.29 is 25.2 Å². The van der Waals surface area contributed by atoms with Crippen LogP contribution in [0.5, 0.6) is 0 Å². The molecule has 0 aliphatic carbocycles. The van der Waals surface area contributed by atoms with Gasteiger partial charge in [-0.05, 0) is 25.7 Å². The van der Waals surface area contributed by atoms with Gasteiger partial charge in [0.15, 0.2) is 0 Å². The van der Waals surface area contributed by atoms with Gasteiger partial charge in [-0.2, -0.15) is 16.8 Å². The highest BCUT2D eigenvalue weighted by Crippen LogP contribution is 2.08. The van der Waals surface area contributed by atoms with Gasteiger partial charge in [-0.1, -0.05) is 65.2 Å². The Morgan fingerprint density at radius 3 is 1.19 bits per heavy atom. The molecule has 0 aromatic rings. The Balaban J connectivity index is 3.66. The van der Waals surface area contributed by atoms with Crippen molar-refractivity contribution in [3.8, 4) is 0 Å². The molecule has 0 N–H and O–H groups in total. The van der Waals surface area contributed by atoms with E-state index in [1.165, 1.54) is 0 Å². The van der Waals surface area contributed by atoms with E-state index in [-0.39, 0.29) is 24.7 Å². The van der Waals surface area contributed by atoms with Crippen molar-refractivity contribution in [2.24, 2.45) is 0 Å². The normalized spacial score (nSPS) is 12.5. The first-order chi connectivity index (χ1) is 12.3. The molecule has 0 fully saturated rings. The number of hydrogen-bond acceptors (Lipinski definition) is 6. The van der Waals surface area contributed by atoms with Crippen molar-refractivity contribution in [2.45, 2.75) is 90.9 Å². The predicted octanol–water partition coefficient (Wildman–Crippen LogP) is 4.40. The summed E-state index contributed by atoms with van der Waals surface area (Å²) in [5, 5.41) is 0. The minimum Gasteiger partial charge on any atom is -0.270 e. The molecule has 0 bridgehead atoms. The molecule has 0 unspecified atom stereocenters. The molecule has 0 radical (unpaired) electrons. The highest BCUT2D eigenvalue weighted by Gasteiger charge is 2.12. The summed E-state index contributed by atoms with van der Waals surface area (Å²) in [5.41, 5.74) is 0. The van der Waals surface area contributed by atoms with E-state index >= 15 is 0 Å². The summed E-state index contributed by atoms with van der Waals surface area (Å²) < 4.78 is 56.7. The maximum atomic E-state index is 11.7. The second-order valence-corrected chi connectivity index (χ2v) is 10.2. The molecule has 0 heterocycles. The summed E-state index contributed by atoms with van der Waals surface area (Å²) in [6, 6.07) is 0. The van der Waals surface area contributed by atoms with Gasteiger partial charge in [-0.15, -0.1) is 0 Å². The topological polar surface area (TPSA) is 86.7 Å². The smallest absolute Gasteiger partial charge is 0.267 e. The van der Waals surface area contributed by atoms with Crippen LogP contribution in [0.4, 0.5) is 0 Å². The third-order valence-corrected chi connectivity index (χ3v) is 6.69. The molecule has 0 amide bonds. The molecule has 0 aliphatic rings. The molecule has 0 aliphatic heterocycles. The molecule has 6 nitrogen and oxygen atoms in total. The summed E-state index contributed by atoms with van der Waals surface area (Å²) in [6.45, 7) is 4.39. The number of unbranched alkanes of at least 4 members (excludes halogenated alkanes) is 9. The molecule has 0 atom stereocenters. The average Bonchev–Trinajstić information content (AvgIpc) is 2.57. The summed E-state index contributed by atoms with van der Waals surface area (Å²) in [6.07, 6.45) is 10.6. The zero-order chi connectivity index (χ0) is 19.7. The molecule has 0 aromatic carbocycles. The van der Waals surface area contributed by atoms with E-state index in [1.54, 1.807) is 0 Å². The van der Waals surface area contributed by atoms with Crippen LogP contribution in [0.25, 0.3) is 0 Å². The van der Waals surface area contributed by atoms with E-state index in [0.717, 1.165) is 51.4 Å². The van der Waals surface area contributed by atoms with Gasteiger partial charge in [-0.3, -0.25) is 8.37 Å². The monoisotopic (exact) mass is 414 g/mol. The highest BCUT2D eigenvalue weighted by atomic mass is 32.2. The molecule has 158 valence electrons. The molecular formula is C18H38O6S2. The Hall–Kier alpha value is -0.180. The van der Waals surface area contributed by atoms with Crippen LogP contribution in [0.3, 0.4) is 0 Å². The molecule has 0 saturated carbocycles. The lowest BCUT2D eigenvalue weighted by Gasteiger charge is -2.07. The highest BCUT2D eigenvalue weighted by molar-refractivity contribution is 7.86. The third kappa shape index (κ3) is 17.2. The van der Waals surface area contributed by atoms with E-state index in [9.17, 15) is 16.8 Å². The van der Waals surface area contributed by atoms with Crippen molar-refractivity contribution in [3.05, 3.63) is 0 Å². The van der Waals surface area contributed by atoms with Gasteiger partial charge >= 0.3 is 0 Å². The quantitative estimate of drug-likeness (QED) is 0.230. The van der Waals surface area contributed by atoms with Gasteiger partial charge in [-0.25, -0.2) is 0 Å². The lowest BCUT2D eigenvalue weighted by molar-refractivity contribution is 0.270. The molecule has 0 rings (SSSR count). The third-order valence-electron chi connectivity index (χ3n) is 4.06. The maximum Gasteiger partial charge on any atom is 0.267 e. The molecule has 8 heteroatoms. The van der Waals surface area contributed by atoms with Gasteiger partial charge in [0.05, 0.1) is 24.7 Å². The Labute approximate surface area is 161 Å². The van der Waals surface area contributed by atoms with Crippen molar-refractivity contribution in [2.75, 3.05) is 24.7 Å². The zero-order valence-corrected chi connectivity index (χ0v) is 18.2. The van der Waals surface area contributed by atoms with Crippen LogP contribution in [0.15, 0.2) is 0 Å². The second kappa shape index (κ2) is 15.8. The van der Waals surface area contributed by atoms with Gasteiger partial charge in [0, 0.05) is 0 Å². The lowest BCUT2D eigenvalue weighted by atomic mass is 10.2. The Bertz CT molecular complexity index is 466. The fraction of sp³-hybridized carbons (Fsp3) is 1.00. The van der Waals surface area contributed by atoms with Crippen LogP contribution < -0.4 is 0 Å². The van der Waals surface area contributed by atoms with Gasteiger partial charge in [0.2, 0.25) is 0 Å². The number of hydrogen-bond donors (Lipinski definition) is 0. The lowest BCUT2D eigenvalue weighted by Crippen LogP contribution is -2.14. The van der Waals surface area contributed by atoms with Crippen molar-refractivity contribution in [3.63, 3.8) is 0 Å². The predicted molar refractivity (Wildman–Crippen MR) is 106 cm³/mol. The first-order valence-corrected chi connectivity index (χ1v) is 13.2. The fourth-order valence-corrected chi connectivity index (χ4v) is 4.55. The largest absolute Gasteiger partial charge is 0.270 e. The van der Waals surface area contributed by atoms with Crippen molar-refractivity contribution in [1.29, 1.82) is 0 Å². The van der Waals surface area contributed by atoms with Crippen LogP contribution in [0.2, 0.25) is 0 Å². The van der Waals surface area contributed by atoms with Crippen LogP contribution in [-0.4, -0.2) is 41.6 Å². The van der Waals surface area contributed by atoms with E-state index in [1.807, 2.05) is 0 Å². The van der Waals surface area contributed by atoms with Crippen LogP contribution in [-0.2, 0) is 28.6 Å². The van der Waals surface area contributed by atoms with E-state index in [2.05, 4.69) is 13.8 Å². The molecule has 0 saturated heterocycles. The van der Waals surface area contributed by atoms with Crippen LogP contribution in [0.1, 0.15) is 90.9 Å². The SMILES string of the molecule is CCCCCCCS(=O)(=O)OCCCCOS(=O)(=O)CCCCCCC. The Morgan fingerprint density at radius 1 is 0.500 bits per heavy atom. The van der Waals surface area contributed by atoms with Crippen molar-refractivity contribution in [1.82, 2.24) is 0 Å². The standard InChI is InChI=1S/C18H38O6S2/c1-3-5-7-9-13-17-25(19,20)23-15-11-12-16-24-26(21,22)18-14-10-8-6-4-2/h3-18H2,1-2H3. The average molecular weight is 415 g/mol. The molecule has 0 spiro atoms. The van der Waals surface area contributed by atoms with Crippen LogP contribution >= 0.6 is 0 Å². The van der Waals surface area contributed by atoms with E-state index in [4.69, 9.17) is 8.37 Å². The molecule has 26 heavy (non-hydrogen) atoms. The Kier molecular flexibility index (Phi) is 15.7. The summed E-state index contributed by atoms with van der Waals surface area (Å²) >= 11 is 0. The minimum atomic E-state index is -3.46. The van der Waals surface area contributed by atoms with E-state index < -0.39 is 20.2 Å². The first-order valence-electron chi connectivity index (χ1n) is 10.1. The zero-order valence-electron chi connectivity index (χ0n) is 16.6. The summed E-state index contributed by atoms with van der Waals surface area (Å²) in [4.78, 5) is 0. The van der Waals surface area contributed by atoms with Gasteiger partial charge < -0.3 is 0 Å². The Morgan fingerprint density at radius 2 is 0.846 bits per heavy atom. The number of rotatable bonds is 19. The molecular weight excluding hydrogens is 376 g/mol. The second-order valence-electron chi connectivity index (χ2n) is 6.70. The fourth-order valence-electron chi connectivity index (χ4n) is 2.46. The van der Waals surface area contributed by atoms with Gasteiger partial charge in [0.25, 0.3) is 20.2 Å². The van der Waals surface area contributed by atoms with Crippen molar-refractivity contribution >= 4 is 20.2 Å². The van der Waals surface area contributed by atoms with Gasteiger partial charge in [0.1, 0.15) is 0 Å². The minimum absolute atomic E-state index is 0.0552. The van der Waals surface area contributed by atoms with Crippen LogP contribution in [0, 0.1) is 0 Å². The molecule has 0 aromatic heterocycles.